The van der Waals surface area contributed by atoms with Gasteiger partial charge in [-0.3, -0.25) is 14.2 Å². The molecule has 4 saturated heterocycles. The highest BCUT2D eigenvalue weighted by molar-refractivity contribution is 7.85. The summed E-state index contributed by atoms with van der Waals surface area (Å²) in [5.41, 5.74) is 3.35. The van der Waals surface area contributed by atoms with E-state index in [0.29, 0.717) is 5.41 Å². The second-order valence-electron chi connectivity index (χ2n) is 14.4. The summed E-state index contributed by atoms with van der Waals surface area (Å²) in [6, 6.07) is 8.67. The maximum Gasteiger partial charge on any atom is 0.264 e. The molecule has 47 heavy (non-hydrogen) atoms. The van der Waals surface area contributed by atoms with E-state index in [1.807, 2.05) is 24.8 Å². The maximum absolute atomic E-state index is 11.0. The molecule has 2 aromatic heterocycles. The number of nitrogens with zero attached hydrogens (tertiary/aromatic N) is 5. The quantitative estimate of drug-likeness (QED) is 0.259. The Labute approximate surface area is 286 Å². The summed E-state index contributed by atoms with van der Waals surface area (Å²) in [6.07, 6.45) is 23.4. The molecule has 4 fully saturated rings. The zero-order valence-electron chi connectivity index (χ0n) is 29.5. The molecule has 6 rings (SSSR count). The van der Waals surface area contributed by atoms with E-state index in [1.54, 1.807) is 0 Å². The fourth-order valence-electron chi connectivity index (χ4n) is 7.76. The van der Waals surface area contributed by atoms with Crippen LogP contribution in [0.3, 0.4) is 0 Å². The van der Waals surface area contributed by atoms with Gasteiger partial charge in [-0.2, -0.15) is 8.42 Å². The van der Waals surface area contributed by atoms with Gasteiger partial charge in [-0.15, -0.1) is 0 Å². The zero-order chi connectivity index (χ0) is 33.4. The number of rotatable bonds is 11. The van der Waals surface area contributed by atoms with Crippen molar-refractivity contribution in [2.45, 2.75) is 87.9 Å². The van der Waals surface area contributed by atoms with Crippen LogP contribution >= 0.6 is 0 Å². The second-order valence-corrected chi connectivity index (χ2v) is 16.0. The Morgan fingerprint density at radius 3 is 1.55 bits per heavy atom. The molecule has 1 N–H and O–H groups in total. The van der Waals surface area contributed by atoms with E-state index in [-0.39, 0.29) is 12.0 Å². The minimum absolute atomic E-state index is 0.121. The van der Waals surface area contributed by atoms with E-state index in [1.165, 1.54) is 108 Å². The van der Waals surface area contributed by atoms with Crippen molar-refractivity contribution in [3.63, 3.8) is 0 Å². The Balaban J connectivity index is 0.000000185. The lowest BCUT2D eigenvalue weighted by atomic mass is 9.70. The van der Waals surface area contributed by atoms with Crippen molar-refractivity contribution in [1.82, 2.24) is 30.0 Å². The summed E-state index contributed by atoms with van der Waals surface area (Å²) in [5.74, 6) is 0. The van der Waals surface area contributed by atoms with Crippen LogP contribution in [0.25, 0.3) is 0 Å². The number of piperidine rings is 2. The lowest BCUT2D eigenvalue weighted by molar-refractivity contribution is 0.168. The number of aromatic nitrogens is 2. The SMILES string of the molecule is C1CCNC1.CN1CCC(CCCN2CCCC2)(c2ccncc2)CC1.CN1CCC(CCCOS(C)(=O)=O)(c2ccncc2)CC1. The first-order chi connectivity index (χ1) is 22.7. The molecule has 0 bridgehead atoms. The molecule has 0 aromatic carbocycles. The molecule has 4 aliphatic rings. The van der Waals surface area contributed by atoms with Gasteiger partial charge in [-0.1, -0.05) is 0 Å². The first-order valence-corrected chi connectivity index (χ1v) is 20.0. The van der Waals surface area contributed by atoms with Gasteiger partial charge in [0.25, 0.3) is 10.1 Å². The average molecular weight is 671 g/mol. The Morgan fingerprint density at radius 1 is 0.702 bits per heavy atom. The average Bonchev–Trinajstić information content (AvgIpc) is 3.84. The van der Waals surface area contributed by atoms with Gasteiger partial charge in [0.1, 0.15) is 0 Å². The van der Waals surface area contributed by atoms with E-state index < -0.39 is 10.1 Å². The third-order valence-electron chi connectivity index (χ3n) is 10.9. The summed E-state index contributed by atoms with van der Waals surface area (Å²) in [7, 11) is 1.05. The molecule has 264 valence electrons. The number of hydrogen-bond acceptors (Lipinski definition) is 9. The molecule has 0 amide bonds. The van der Waals surface area contributed by atoms with Gasteiger partial charge in [0.05, 0.1) is 12.9 Å². The second kappa shape index (κ2) is 19.3. The number of pyridine rings is 2. The van der Waals surface area contributed by atoms with E-state index >= 15 is 0 Å². The van der Waals surface area contributed by atoms with Crippen LogP contribution in [-0.2, 0) is 25.1 Å². The van der Waals surface area contributed by atoms with Crippen LogP contribution in [0.4, 0.5) is 0 Å². The van der Waals surface area contributed by atoms with E-state index in [2.05, 4.69) is 68.3 Å². The summed E-state index contributed by atoms with van der Waals surface area (Å²) in [5, 5.41) is 3.22. The first kappa shape index (κ1) is 37.9. The molecule has 0 unspecified atom stereocenters. The lowest BCUT2D eigenvalue weighted by Gasteiger charge is -2.41. The van der Waals surface area contributed by atoms with E-state index in [0.717, 1.165) is 45.0 Å². The van der Waals surface area contributed by atoms with Gasteiger partial charge >= 0.3 is 0 Å². The van der Waals surface area contributed by atoms with Crippen LogP contribution in [0.1, 0.15) is 88.2 Å². The Bertz CT molecular complexity index is 1220. The molecule has 0 spiro atoms. The number of nitrogens with one attached hydrogen (secondary N) is 1. The molecule has 9 nitrogen and oxygen atoms in total. The van der Waals surface area contributed by atoms with Gasteiger partial charge in [-0.05, 0) is 196 Å². The van der Waals surface area contributed by atoms with Crippen LogP contribution < -0.4 is 5.32 Å². The molecule has 0 saturated carbocycles. The molecule has 10 heteroatoms. The highest BCUT2D eigenvalue weighted by atomic mass is 32.2. The minimum Gasteiger partial charge on any atom is -0.317 e. The summed E-state index contributed by atoms with van der Waals surface area (Å²) >= 11 is 0. The topological polar surface area (TPSA) is 90.9 Å². The Hall–Kier alpha value is -1.95. The highest BCUT2D eigenvalue weighted by Gasteiger charge is 2.36. The van der Waals surface area contributed by atoms with Crippen LogP contribution in [0.5, 0.6) is 0 Å². The van der Waals surface area contributed by atoms with Crippen molar-refractivity contribution in [3.05, 3.63) is 60.2 Å². The minimum atomic E-state index is -3.34. The van der Waals surface area contributed by atoms with Gasteiger partial charge in [-0.25, -0.2) is 0 Å². The molecule has 2 aromatic rings. The monoisotopic (exact) mass is 670 g/mol. The van der Waals surface area contributed by atoms with Gasteiger partial charge in [0.2, 0.25) is 0 Å². The van der Waals surface area contributed by atoms with Crippen molar-refractivity contribution in [2.75, 3.05) is 85.9 Å². The lowest BCUT2D eigenvalue weighted by Crippen LogP contribution is -2.41. The smallest absolute Gasteiger partial charge is 0.264 e. The van der Waals surface area contributed by atoms with Crippen molar-refractivity contribution in [1.29, 1.82) is 0 Å². The molecule has 0 radical (unpaired) electrons. The predicted molar refractivity (Wildman–Crippen MR) is 192 cm³/mol. The predicted octanol–water partition coefficient (Wildman–Crippen LogP) is 5.09. The Kier molecular flexibility index (Phi) is 15.5. The fourth-order valence-corrected chi connectivity index (χ4v) is 8.18. The van der Waals surface area contributed by atoms with Crippen LogP contribution in [-0.4, -0.2) is 119 Å². The van der Waals surface area contributed by atoms with Crippen LogP contribution in [0.2, 0.25) is 0 Å². The molecule has 0 aliphatic carbocycles. The first-order valence-electron chi connectivity index (χ1n) is 18.2. The number of likely N-dealkylation sites (tertiary alicyclic amines) is 3. The van der Waals surface area contributed by atoms with Gasteiger partial charge in [0, 0.05) is 24.8 Å². The maximum atomic E-state index is 11.0. The van der Waals surface area contributed by atoms with Crippen molar-refractivity contribution < 1.29 is 12.6 Å². The fraction of sp³-hybridized carbons (Fsp3) is 0.730. The molecule has 4 aliphatic heterocycles. The molecule has 6 heterocycles. The van der Waals surface area contributed by atoms with Crippen molar-refractivity contribution >= 4 is 10.1 Å². The standard InChI is InChI=1S/C18H29N3.C15H24N2O3S.C4H9N/c1-20-15-8-18(9-16-20,17-5-10-19-11-6-17)7-4-14-21-12-2-3-13-21;1-17-11-7-15(8-12-17,14-4-9-16-10-5-14)6-3-13-20-21(2,18)19;1-2-4-5-3-1/h5-6,10-11H,2-4,7-9,12-16H2,1H3;4-5,9-10H,3,6-8,11-13H2,1-2H3;5H,1-4H2. The summed E-state index contributed by atoms with van der Waals surface area (Å²) in [6.45, 7) is 11.3. The number of hydrogen-bond donors (Lipinski definition) is 1. The van der Waals surface area contributed by atoms with Crippen LogP contribution in [0.15, 0.2) is 49.1 Å². The third kappa shape index (κ3) is 12.8. The summed E-state index contributed by atoms with van der Waals surface area (Å²) < 4.78 is 26.9. The van der Waals surface area contributed by atoms with E-state index in [9.17, 15) is 8.42 Å². The summed E-state index contributed by atoms with van der Waals surface area (Å²) in [4.78, 5) is 15.8. The zero-order valence-corrected chi connectivity index (χ0v) is 30.4. The highest BCUT2D eigenvalue weighted by Crippen LogP contribution is 2.40. The normalized spacial score (nSPS) is 21.8. The van der Waals surface area contributed by atoms with Crippen molar-refractivity contribution in [2.24, 2.45) is 0 Å². The molecular weight excluding hydrogens is 609 g/mol. The van der Waals surface area contributed by atoms with Crippen LogP contribution in [0, 0.1) is 0 Å². The largest absolute Gasteiger partial charge is 0.317 e. The third-order valence-corrected chi connectivity index (χ3v) is 11.5. The van der Waals surface area contributed by atoms with Gasteiger partial charge in [0.15, 0.2) is 0 Å². The molecular formula is C37H62N6O3S. The van der Waals surface area contributed by atoms with Crippen molar-refractivity contribution in [3.8, 4) is 0 Å². The Morgan fingerprint density at radius 2 is 1.15 bits per heavy atom. The van der Waals surface area contributed by atoms with Gasteiger partial charge < -0.3 is 20.0 Å². The van der Waals surface area contributed by atoms with E-state index in [4.69, 9.17) is 4.18 Å². The molecule has 0 atom stereocenters.